The highest BCUT2D eigenvalue weighted by Crippen LogP contribution is 2.16. The van der Waals surface area contributed by atoms with E-state index >= 15 is 0 Å². The van der Waals surface area contributed by atoms with Crippen LogP contribution in [0.4, 0.5) is 4.79 Å². The Morgan fingerprint density at radius 1 is 1.67 bits per heavy atom. The van der Waals surface area contributed by atoms with E-state index in [4.69, 9.17) is 10.8 Å². The van der Waals surface area contributed by atoms with Crippen LogP contribution in [-0.4, -0.2) is 46.4 Å². The second kappa shape index (κ2) is 3.73. The molecule has 5 heteroatoms. The molecule has 0 saturated carbocycles. The number of piperidine rings is 1. The maximum atomic E-state index is 10.6. The average Bonchev–Trinajstić information content (AvgIpc) is 2.03. The van der Waals surface area contributed by atoms with Crippen LogP contribution in [0.1, 0.15) is 12.8 Å². The largest absolute Gasteiger partial charge is 0.465 e. The molecule has 1 aliphatic rings. The van der Waals surface area contributed by atoms with Gasteiger partial charge in [-0.3, -0.25) is 0 Å². The van der Waals surface area contributed by atoms with Crippen molar-refractivity contribution in [3.05, 3.63) is 0 Å². The zero-order valence-electron chi connectivity index (χ0n) is 6.81. The van der Waals surface area contributed by atoms with Crippen molar-refractivity contribution in [1.82, 2.24) is 4.90 Å². The maximum absolute atomic E-state index is 10.6. The quantitative estimate of drug-likeness (QED) is 0.497. The van der Waals surface area contributed by atoms with E-state index in [0.29, 0.717) is 19.4 Å². The smallest absolute Gasteiger partial charge is 0.407 e. The summed E-state index contributed by atoms with van der Waals surface area (Å²) in [5, 5.41) is 17.9. The van der Waals surface area contributed by atoms with Gasteiger partial charge in [0.05, 0.1) is 6.10 Å². The monoisotopic (exact) mass is 174 g/mol. The molecule has 1 aliphatic heterocycles. The van der Waals surface area contributed by atoms with E-state index in [1.807, 2.05) is 0 Å². The number of nitrogens with zero attached hydrogens (tertiary/aromatic N) is 1. The third-order valence-electron chi connectivity index (χ3n) is 2.21. The molecule has 2 unspecified atom stereocenters. The summed E-state index contributed by atoms with van der Waals surface area (Å²) in [4.78, 5) is 11.9. The molecule has 2 atom stereocenters. The summed E-state index contributed by atoms with van der Waals surface area (Å²) in [6.07, 6.45) is -0.363. The molecule has 1 rings (SSSR count). The number of carboxylic acid groups (broad SMARTS) is 1. The standard InChI is InChI=1S/C7H14N2O3/c8-4-5-3-6(10)1-2-9(5)7(11)12/h5-6,10H,1-4,8H2,(H,11,12). The molecule has 4 N–H and O–H groups in total. The minimum Gasteiger partial charge on any atom is -0.465 e. The van der Waals surface area contributed by atoms with Gasteiger partial charge in [-0.2, -0.15) is 0 Å². The number of aliphatic hydroxyl groups is 1. The fourth-order valence-electron chi connectivity index (χ4n) is 1.51. The molecule has 1 fully saturated rings. The van der Waals surface area contributed by atoms with Crippen LogP contribution in [0.15, 0.2) is 0 Å². The maximum Gasteiger partial charge on any atom is 0.407 e. The van der Waals surface area contributed by atoms with Crippen LogP contribution >= 0.6 is 0 Å². The summed E-state index contributed by atoms with van der Waals surface area (Å²) in [5.41, 5.74) is 5.38. The molecule has 70 valence electrons. The lowest BCUT2D eigenvalue weighted by Gasteiger charge is -2.35. The molecule has 1 amide bonds. The Balaban J connectivity index is 2.56. The van der Waals surface area contributed by atoms with Gasteiger partial charge < -0.3 is 20.8 Å². The Bertz CT molecular complexity index is 174. The average molecular weight is 174 g/mol. The Kier molecular flexibility index (Phi) is 2.88. The van der Waals surface area contributed by atoms with E-state index in [1.165, 1.54) is 4.90 Å². The molecule has 12 heavy (non-hydrogen) atoms. The van der Waals surface area contributed by atoms with Crippen molar-refractivity contribution in [1.29, 1.82) is 0 Å². The van der Waals surface area contributed by atoms with Gasteiger partial charge in [-0.15, -0.1) is 0 Å². The number of rotatable bonds is 1. The lowest BCUT2D eigenvalue weighted by molar-refractivity contribution is 0.0457. The first-order chi connectivity index (χ1) is 5.65. The molecule has 0 aromatic heterocycles. The van der Waals surface area contributed by atoms with E-state index in [0.717, 1.165) is 0 Å². The first-order valence-electron chi connectivity index (χ1n) is 4.03. The Morgan fingerprint density at radius 2 is 2.33 bits per heavy atom. The summed E-state index contributed by atoms with van der Waals surface area (Å²) < 4.78 is 0. The van der Waals surface area contributed by atoms with Crippen molar-refractivity contribution in [2.75, 3.05) is 13.1 Å². The van der Waals surface area contributed by atoms with Gasteiger partial charge in [0.2, 0.25) is 0 Å². The van der Waals surface area contributed by atoms with Gasteiger partial charge >= 0.3 is 6.09 Å². The number of nitrogens with two attached hydrogens (primary N) is 1. The normalized spacial score (nSPS) is 30.3. The summed E-state index contributed by atoms with van der Waals surface area (Å²) in [5.74, 6) is 0. The van der Waals surface area contributed by atoms with Crippen molar-refractivity contribution in [3.8, 4) is 0 Å². The summed E-state index contributed by atoms with van der Waals surface area (Å²) in [7, 11) is 0. The van der Waals surface area contributed by atoms with Crippen LogP contribution in [0.5, 0.6) is 0 Å². The molecule has 0 aromatic carbocycles. The first-order valence-corrected chi connectivity index (χ1v) is 4.03. The lowest BCUT2D eigenvalue weighted by atomic mass is 10.0. The minimum atomic E-state index is -0.947. The summed E-state index contributed by atoms with van der Waals surface area (Å²) >= 11 is 0. The minimum absolute atomic E-state index is 0.216. The van der Waals surface area contributed by atoms with E-state index in [2.05, 4.69) is 0 Å². The fourth-order valence-corrected chi connectivity index (χ4v) is 1.51. The number of aliphatic hydroxyl groups excluding tert-OH is 1. The topological polar surface area (TPSA) is 86.8 Å². The molecule has 5 nitrogen and oxygen atoms in total. The van der Waals surface area contributed by atoms with Gasteiger partial charge in [-0.05, 0) is 12.8 Å². The Labute approximate surface area is 70.8 Å². The van der Waals surface area contributed by atoms with Crippen LogP contribution in [0.25, 0.3) is 0 Å². The van der Waals surface area contributed by atoms with E-state index in [1.54, 1.807) is 0 Å². The van der Waals surface area contributed by atoms with E-state index in [-0.39, 0.29) is 12.6 Å². The molecular formula is C7H14N2O3. The first kappa shape index (κ1) is 9.28. The number of likely N-dealkylation sites (tertiary alicyclic amines) is 1. The van der Waals surface area contributed by atoms with Crippen LogP contribution in [0, 0.1) is 0 Å². The van der Waals surface area contributed by atoms with Gasteiger partial charge in [0.15, 0.2) is 0 Å². The molecule has 1 saturated heterocycles. The van der Waals surface area contributed by atoms with Crippen LogP contribution in [-0.2, 0) is 0 Å². The molecule has 0 aromatic rings. The van der Waals surface area contributed by atoms with E-state index < -0.39 is 12.2 Å². The zero-order chi connectivity index (χ0) is 9.14. The number of hydrogen-bond acceptors (Lipinski definition) is 3. The van der Waals surface area contributed by atoms with Crippen molar-refractivity contribution >= 4 is 6.09 Å². The number of hydrogen-bond donors (Lipinski definition) is 3. The molecule has 0 aliphatic carbocycles. The highest BCUT2D eigenvalue weighted by atomic mass is 16.4. The second-order valence-electron chi connectivity index (χ2n) is 3.04. The molecule has 0 spiro atoms. The molecule has 1 heterocycles. The van der Waals surface area contributed by atoms with Crippen molar-refractivity contribution in [3.63, 3.8) is 0 Å². The lowest BCUT2D eigenvalue weighted by Crippen LogP contribution is -2.50. The summed E-state index contributed by atoms with van der Waals surface area (Å²) in [6, 6.07) is -0.216. The van der Waals surface area contributed by atoms with Crippen LogP contribution in [0.3, 0.4) is 0 Å². The molecule has 0 bridgehead atoms. The van der Waals surface area contributed by atoms with Gasteiger partial charge in [-0.25, -0.2) is 4.79 Å². The summed E-state index contributed by atoms with van der Waals surface area (Å²) in [6.45, 7) is 0.668. The van der Waals surface area contributed by atoms with Crippen molar-refractivity contribution in [2.45, 2.75) is 25.0 Å². The Morgan fingerprint density at radius 3 is 2.83 bits per heavy atom. The predicted molar refractivity (Wildman–Crippen MR) is 42.8 cm³/mol. The zero-order valence-corrected chi connectivity index (χ0v) is 6.81. The van der Waals surface area contributed by atoms with Gasteiger partial charge in [0.25, 0.3) is 0 Å². The number of amides is 1. The number of carbonyl (C=O) groups is 1. The Hall–Kier alpha value is -0.810. The molecular weight excluding hydrogens is 160 g/mol. The highest BCUT2D eigenvalue weighted by Gasteiger charge is 2.29. The van der Waals surface area contributed by atoms with Crippen molar-refractivity contribution < 1.29 is 15.0 Å². The fraction of sp³-hybridized carbons (Fsp3) is 0.857. The van der Waals surface area contributed by atoms with Gasteiger partial charge in [-0.1, -0.05) is 0 Å². The van der Waals surface area contributed by atoms with Crippen molar-refractivity contribution in [2.24, 2.45) is 5.73 Å². The van der Waals surface area contributed by atoms with Crippen LogP contribution < -0.4 is 5.73 Å². The van der Waals surface area contributed by atoms with Crippen LogP contribution in [0.2, 0.25) is 0 Å². The second-order valence-corrected chi connectivity index (χ2v) is 3.04. The van der Waals surface area contributed by atoms with Gasteiger partial charge in [0, 0.05) is 19.1 Å². The predicted octanol–water partition coefficient (Wildman–Crippen LogP) is -0.552. The van der Waals surface area contributed by atoms with E-state index in [9.17, 15) is 9.90 Å². The molecule has 0 radical (unpaired) electrons. The van der Waals surface area contributed by atoms with Gasteiger partial charge in [0.1, 0.15) is 0 Å². The SMILES string of the molecule is NCC1CC(O)CCN1C(=O)O. The highest BCUT2D eigenvalue weighted by molar-refractivity contribution is 5.65. The third kappa shape index (κ3) is 1.86. The third-order valence-corrected chi connectivity index (χ3v) is 2.21.